The predicted molar refractivity (Wildman–Crippen MR) is 110 cm³/mol. The summed E-state index contributed by atoms with van der Waals surface area (Å²) in [7, 11) is 0. The van der Waals surface area contributed by atoms with Gasteiger partial charge in [-0.2, -0.15) is 5.10 Å². The van der Waals surface area contributed by atoms with Gasteiger partial charge in [0.25, 0.3) is 0 Å². The summed E-state index contributed by atoms with van der Waals surface area (Å²) in [5, 5.41) is 8.07. The second-order valence-corrected chi connectivity index (χ2v) is 8.17. The summed E-state index contributed by atoms with van der Waals surface area (Å²) < 4.78 is 2.54. The number of hydrogen-bond donors (Lipinski definition) is 1. The number of rotatable bonds is 5. The summed E-state index contributed by atoms with van der Waals surface area (Å²) in [6.07, 6.45) is 1.81. The van der Waals surface area contributed by atoms with Crippen LogP contribution in [0.2, 0.25) is 5.02 Å². The molecule has 1 amide bonds. The minimum absolute atomic E-state index is 0.121. The Morgan fingerprint density at radius 1 is 1.23 bits per heavy atom. The molecule has 134 valence electrons. The highest BCUT2D eigenvalue weighted by Crippen LogP contribution is 2.34. The fourth-order valence-corrected chi connectivity index (χ4v) is 3.62. The standard InChI is InChI=1S/C19H17BrClN3OS/c1-12-16(20)11-24(23-12)13(2)19(25)22-17-5-3-4-6-18(17)26-15-9-7-14(21)8-10-15/h3-11,13H,1-2H3,(H,22,25). The van der Waals surface area contributed by atoms with Crippen molar-refractivity contribution in [2.45, 2.75) is 29.7 Å². The number of aryl methyl sites for hydroxylation is 1. The van der Waals surface area contributed by atoms with Crippen molar-refractivity contribution in [3.05, 3.63) is 69.9 Å². The molecule has 0 saturated carbocycles. The largest absolute Gasteiger partial charge is 0.323 e. The van der Waals surface area contributed by atoms with Crippen LogP contribution in [0.15, 0.2) is 69.0 Å². The Hall–Kier alpha value is -1.76. The van der Waals surface area contributed by atoms with Gasteiger partial charge in [-0.3, -0.25) is 9.48 Å². The minimum atomic E-state index is -0.423. The molecule has 1 heterocycles. The smallest absolute Gasteiger partial charge is 0.248 e. The average Bonchev–Trinajstić information content (AvgIpc) is 2.96. The SMILES string of the molecule is Cc1nn(C(C)C(=O)Nc2ccccc2Sc2ccc(Cl)cc2)cc1Br. The number of anilines is 1. The van der Waals surface area contributed by atoms with Gasteiger partial charge in [-0.05, 0) is 66.2 Å². The molecule has 0 aliphatic carbocycles. The topological polar surface area (TPSA) is 46.9 Å². The highest BCUT2D eigenvalue weighted by Gasteiger charge is 2.18. The second-order valence-electron chi connectivity index (χ2n) is 5.76. The van der Waals surface area contributed by atoms with Gasteiger partial charge in [0.15, 0.2) is 0 Å². The number of nitrogens with one attached hydrogen (secondary N) is 1. The quantitative estimate of drug-likeness (QED) is 0.522. The third-order valence-electron chi connectivity index (χ3n) is 3.82. The number of halogens is 2. The number of carbonyl (C=O) groups is 1. The number of nitrogens with zero attached hydrogens (tertiary/aromatic N) is 2. The van der Waals surface area contributed by atoms with Gasteiger partial charge in [0, 0.05) is 21.0 Å². The first-order valence-corrected chi connectivity index (χ1v) is 9.97. The summed E-state index contributed by atoms with van der Waals surface area (Å²) in [5.41, 5.74) is 1.62. The van der Waals surface area contributed by atoms with Crippen molar-refractivity contribution < 1.29 is 4.79 Å². The zero-order valence-electron chi connectivity index (χ0n) is 14.2. The molecule has 1 atom stereocenters. The fourth-order valence-electron chi connectivity index (χ4n) is 2.30. The molecular formula is C19H17BrClN3OS. The van der Waals surface area contributed by atoms with E-state index in [1.807, 2.05) is 68.6 Å². The third kappa shape index (κ3) is 4.50. The number of aromatic nitrogens is 2. The van der Waals surface area contributed by atoms with Crippen LogP contribution in [0.5, 0.6) is 0 Å². The number of carbonyl (C=O) groups excluding carboxylic acids is 1. The highest BCUT2D eigenvalue weighted by molar-refractivity contribution is 9.10. The first kappa shape index (κ1) is 19.0. The van der Waals surface area contributed by atoms with Crippen LogP contribution < -0.4 is 5.32 Å². The average molecular weight is 451 g/mol. The van der Waals surface area contributed by atoms with E-state index in [4.69, 9.17) is 11.6 Å². The fraction of sp³-hybridized carbons (Fsp3) is 0.158. The maximum Gasteiger partial charge on any atom is 0.248 e. The molecule has 0 spiro atoms. The van der Waals surface area contributed by atoms with E-state index in [2.05, 4.69) is 26.3 Å². The van der Waals surface area contributed by atoms with Crippen LogP contribution in [-0.2, 0) is 4.79 Å². The van der Waals surface area contributed by atoms with Crippen LogP contribution in [0.3, 0.4) is 0 Å². The molecule has 26 heavy (non-hydrogen) atoms. The van der Waals surface area contributed by atoms with Crippen molar-refractivity contribution in [3.8, 4) is 0 Å². The van der Waals surface area contributed by atoms with Crippen molar-refractivity contribution >= 4 is 50.9 Å². The molecule has 3 rings (SSSR count). The van der Waals surface area contributed by atoms with E-state index in [1.54, 1.807) is 16.4 Å². The maximum atomic E-state index is 12.7. The molecule has 3 aromatic rings. The molecule has 0 bridgehead atoms. The van der Waals surface area contributed by atoms with Crippen molar-refractivity contribution in [1.29, 1.82) is 0 Å². The lowest BCUT2D eigenvalue weighted by Crippen LogP contribution is -2.24. The van der Waals surface area contributed by atoms with Crippen LogP contribution in [0.1, 0.15) is 18.7 Å². The molecule has 2 aromatic carbocycles. The van der Waals surface area contributed by atoms with E-state index in [0.717, 1.165) is 25.6 Å². The van der Waals surface area contributed by atoms with Gasteiger partial charge in [0.05, 0.1) is 15.9 Å². The Morgan fingerprint density at radius 2 is 1.92 bits per heavy atom. The van der Waals surface area contributed by atoms with Gasteiger partial charge in [-0.1, -0.05) is 35.5 Å². The normalized spacial score (nSPS) is 12.0. The van der Waals surface area contributed by atoms with Gasteiger partial charge in [-0.15, -0.1) is 0 Å². The number of hydrogen-bond acceptors (Lipinski definition) is 3. The van der Waals surface area contributed by atoms with E-state index in [0.29, 0.717) is 5.02 Å². The Balaban J connectivity index is 1.77. The molecule has 0 radical (unpaired) electrons. The van der Waals surface area contributed by atoms with Crippen molar-refractivity contribution in [1.82, 2.24) is 9.78 Å². The molecule has 4 nitrogen and oxygen atoms in total. The van der Waals surface area contributed by atoms with E-state index in [-0.39, 0.29) is 5.91 Å². The monoisotopic (exact) mass is 449 g/mol. The summed E-state index contributed by atoms with van der Waals surface area (Å²) >= 11 is 10.9. The summed E-state index contributed by atoms with van der Waals surface area (Å²) in [6.45, 7) is 3.71. The molecule has 0 aliphatic heterocycles. The van der Waals surface area contributed by atoms with Crippen molar-refractivity contribution in [2.24, 2.45) is 0 Å². The predicted octanol–water partition coefficient (Wildman–Crippen LogP) is 5.96. The molecule has 0 fully saturated rings. The van der Waals surface area contributed by atoms with Gasteiger partial charge >= 0.3 is 0 Å². The minimum Gasteiger partial charge on any atom is -0.323 e. The Labute approximate surface area is 170 Å². The molecular weight excluding hydrogens is 434 g/mol. The van der Waals surface area contributed by atoms with Crippen LogP contribution in [0, 0.1) is 6.92 Å². The Bertz CT molecular complexity index is 907. The Morgan fingerprint density at radius 3 is 2.58 bits per heavy atom. The lowest BCUT2D eigenvalue weighted by atomic mass is 10.2. The molecule has 0 aliphatic rings. The lowest BCUT2D eigenvalue weighted by molar-refractivity contribution is -0.119. The molecule has 1 aromatic heterocycles. The third-order valence-corrected chi connectivity index (χ3v) is 5.93. The van der Waals surface area contributed by atoms with E-state index < -0.39 is 6.04 Å². The zero-order chi connectivity index (χ0) is 18.7. The van der Waals surface area contributed by atoms with Crippen molar-refractivity contribution in [2.75, 3.05) is 5.32 Å². The van der Waals surface area contributed by atoms with Crippen LogP contribution in [0.4, 0.5) is 5.69 Å². The molecule has 1 unspecified atom stereocenters. The van der Waals surface area contributed by atoms with E-state index in [1.165, 1.54) is 0 Å². The lowest BCUT2D eigenvalue weighted by Gasteiger charge is -2.15. The summed E-state index contributed by atoms with van der Waals surface area (Å²) in [4.78, 5) is 14.7. The first-order chi connectivity index (χ1) is 12.4. The number of para-hydroxylation sites is 1. The van der Waals surface area contributed by atoms with Crippen LogP contribution in [0.25, 0.3) is 0 Å². The number of amides is 1. The first-order valence-electron chi connectivity index (χ1n) is 7.98. The van der Waals surface area contributed by atoms with E-state index >= 15 is 0 Å². The van der Waals surface area contributed by atoms with Gasteiger partial charge in [0.1, 0.15) is 6.04 Å². The molecule has 1 N–H and O–H groups in total. The highest BCUT2D eigenvalue weighted by atomic mass is 79.9. The maximum absolute atomic E-state index is 12.7. The molecule has 0 saturated heterocycles. The summed E-state index contributed by atoms with van der Waals surface area (Å²) in [5.74, 6) is -0.121. The number of benzene rings is 2. The second kappa shape index (κ2) is 8.29. The van der Waals surface area contributed by atoms with Gasteiger partial charge < -0.3 is 5.32 Å². The van der Waals surface area contributed by atoms with Crippen LogP contribution >= 0.6 is 39.3 Å². The summed E-state index contributed by atoms with van der Waals surface area (Å²) in [6, 6.07) is 14.9. The van der Waals surface area contributed by atoms with Gasteiger partial charge in [-0.25, -0.2) is 0 Å². The van der Waals surface area contributed by atoms with Crippen LogP contribution in [-0.4, -0.2) is 15.7 Å². The zero-order valence-corrected chi connectivity index (χ0v) is 17.4. The van der Waals surface area contributed by atoms with E-state index in [9.17, 15) is 4.79 Å². The molecule has 7 heteroatoms. The Kier molecular flexibility index (Phi) is 6.06. The van der Waals surface area contributed by atoms with Crippen molar-refractivity contribution in [3.63, 3.8) is 0 Å². The van der Waals surface area contributed by atoms with Gasteiger partial charge in [0.2, 0.25) is 5.91 Å².